The summed E-state index contributed by atoms with van der Waals surface area (Å²) in [6, 6.07) is 11.0. The summed E-state index contributed by atoms with van der Waals surface area (Å²) < 4.78 is 88.4. The van der Waals surface area contributed by atoms with E-state index in [1.54, 1.807) is 30.3 Å². The van der Waals surface area contributed by atoms with Crippen molar-refractivity contribution in [2.45, 2.75) is 31.6 Å². The van der Waals surface area contributed by atoms with Crippen molar-refractivity contribution in [1.29, 1.82) is 0 Å². The monoisotopic (exact) mass is 478 g/mol. The summed E-state index contributed by atoms with van der Waals surface area (Å²) in [6.45, 7) is 2.84. The molecule has 0 saturated carbocycles. The van der Waals surface area contributed by atoms with Gasteiger partial charge in [-0.25, -0.2) is 0 Å². The third kappa shape index (κ3) is 2.87. The first-order valence-corrected chi connectivity index (χ1v) is 10.7. The predicted octanol–water partition coefficient (Wildman–Crippen LogP) is 8.58. The molecule has 0 fully saturated rings. The van der Waals surface area contributed by atoms with Crippen LogP contribution < -0.4 is 0 Å². The van der Waals surface area contributed by atoms with Crippen molar-refractivity contribution in [3.8, 4) is 10.4 Å². The van der Waals surface area contributed by atoms with Gasteiger partial charge in [-0.2, -0.15) is 26.3 Å². The number of aryl methyl sites for hydroxylation is 2. The molecule has 158 valence electrons. The van der Waals surface area contributed by atoms with Crippen molar-refractivity contribution in [2.24, 2.45) is 0 Å². The lowest BCUT2D eigenvalue weighted by Crippen LogP contribution is -2.48. The largest absolute Gasteiger partial charge is 0.380 e. The van der Waals surface area contributed by atoms with E-state index in [9.17, 15) is 26.3 Å². The van der Waals surface area contributed by atoms with Crippen LogP contribution in [0.5, 0.6) is 0 Å². The third-order valence-corrected chi connectivity index (χ3v) is 7.35. The minimum Gasteiger partial charge on any atom is -0.194 e. The van der Waals surface area contributed by atoms with Crippen molar-refractivity contribution in [3.63, 3.8) is 0 Å². The molecule has 0 amide bonds. The van der Waals surface area contributed by atoms with Crippen LogP contribution in [0.3, 0.4) is 0 Å². The molecule has 1 aliphatic rings. The highest BCUT2D eigenvalue weighted by Crippen LogP contribution is 2.66. The molecule has 0 spiro atoms. The number of allylic oxidation sites excluding steroid dienone is 2. The zero-order valence-electron chi connectivity index (χ0n) is 15.5. The van der Waals surface area contributed by atoms with Gasteiger partial charge in [0.25, 0.3) is 0 Å². The highest BCUT2D eigenvalue weighted by atomic mass is 35.5. The molecule has 0 N–H and O–H groups in total. The Hall–Kier alpha value is -1.77. The Morgan fingerprint density at radius 1 is 0.733 bits per heavy atom. The Kier molecular flexibility index (Phi) is 4.91. The van der Waals surface area contributed by atoms with Crippen molar-refractivity contribution in [1.82, 2.24) is 0 Å². The van der Waals surface area contributed by atoms with Crippen LogP contribution in [0.2, 0.25) is 4.34 Å². The van der Waals surface area contributed by atoms with Gasteiger partial charge in [0.05, 0.1) is 4.34 Å². The van der Waals surface area contributed by atoms with Gasteiger partial charge in [0, 0.05) is 25.8 Å². The molecule has 1 aliphatic carbocycles. The van der Waals surface area contributed by atoms with Gasteiger partial charge in [-0.1, -0.05) is 41.9 Å². The number of halogens is 7. The van der Waals surface area contributed by atoms with Gasteiger partial charge in [0.15, 0.2) is 0 Å². The van der Waals surface area contributed by atoms with Crippen LogP contribution in [-0.2, 0) is 0 Å². The average molecular weight is 479 g/mol. The Morgan fingerprint density at radius 2 is 1.23 bits per heavy atom. The Labute approximate surface area is 181 Å². The lowest BCUT2D eigenvalue weighted by atomic mass is 9.95. The minimum atomic E-state index is -5.58. The van der Waals surface area contributed by atoms with E-state index in [4.69, 9.17) is 11.6 Å². The second-order valence-electron chi connectivity index (χ2n) is 6.94. The van der Waals surface area contributed by atoms with Gasteiger partial charge < -0.3 is 0 Å². The van der Waals surface area contributed by atoms with Crippen molar-refractivity contribution in [3.05, 3.63) is 67.7 Å². The number of hydrogen-bond acceptors (Lipinski definition) is 2. The number of benzene rings is 1. The fourth-order valence-electron chi connectivity index (χ4n) is 3.60. The molecule has 9 heteroatoms. The van der Waals surface area contributed by atoms with Crippen LogP contribution in [0.4, 0.5) is 26.3 Å². The summed E-state index contributed by atoms with van der Waals surface area (Å²) in [5.41, 5.74) is -2.72. The van der Waals surface area contributed by atoms with Gasteiger partial charge in [0.1, 0.15) is 0 Å². The smallest absolute Gasteiger partial charge is 0.194 e. The molecule has 3 aromatic rings. The van der Waals surface area contributed by atoms with Gasteiger partial charge >= 0.3 is 17.8 Å². The minimum absolute atomic E-state index is 0.0516. The third-order valence-electron chi connectivity index (χ3n) is 5.07. The highest BCUT2D eigenvalue weighted by molar-refractivity contribution is 7.16. The summed E-state index contributed by atoms with van der Waals surface area (Å²) in [5.74, 6) is -15.7. The molecule has 2 heterocycles. The molecule has 0 unspecified atom stereocenters. The van der Waals surface area contributed by atoms with Crippen LogP contribution in [-0.4, -0.2) is 17.8 Å². The number of alkyl halides is 6. The van der Waals surface area contributed by atoms with E-state index in [1.807, 2.05) is 0 Å². The number of rotatable bonds is 3. The SMILES string of the molecule is Cc1sc(Cl)cc1C1=C(c2cc(-c3ccccc3)sc2C)C(F)(F)C(F)(F)C1(F)F. The van der Waals surface area contributed by atoms with E-state index in [0.29, 0.717) is 10.4 Å². The molecular formula is C21H13ClF6S2. The molecule has 0 bridgehead atoms. The molecule has 0 radical (unpaired) electrons. The first-order chi connectivity index (χ1) is 13.9. The summed E-state index contributed by atoms with van der Waals surface area (Å²) in [5, 5.41) is 0. The van der Waals surface area contributed by atoms with Gasteiger partial charge in [0.2, 0.25) is 0 Å². The van der Waals surface area contributed by atoms with E-state index in [-0.39, 0.29) is 25.2 Å². The van der Waals surface area contributed by atoms with Crippen LogP contribution in [0.25, 0.3) is 21.6 Å². The molecule has 0 aliphatic heterocycles. The van der Waals surface area contributed by atoms with Gasteiger partial charge in [-0.3, -0.25) is 0 Å². The summed E-state index contributed by atoms with van der Waals surface area (Å²) in [7, 11) is 0. The van der Waals surface area contributed by atoms with E-state index >= 15 is 0 Å². The van der Waals surface area contributed by atoms with Crippen LogP contribution >= 0.6 is 34.3 Å². The van der Waals surface area contributed by atoms with E-state index in [1.165, 1.54) is 19.9 Å². The second kappa shape index (κ2) is 6.87. The maximum atomic E-state index is 14.9. The molecule has 4 rings (SSSR count). The molecule has 0 atom stereocenters. The van der Waals surface area contributed by atoms with E-state index in [0.717, 1.165) is 28.7 Å². The van der Waals surface area contributed by atoms with Crippen molar-refractivity contribution in [2.75, 3.05) is 0 Å². The lowest BCUT2D eigenvalue weighted by molar-refractivity contribution is -0.254. The van der Waals surface area contributed by atoms with Gasteiger partial charge in [-0.15, -0.1) is 22.7 Å². The van der Waals surface area contributed by atoms with Crippen LogP contribution in [0, 0.1) is 13.8 Å². The lowest BCUT2D eigenvalue weighted by Gasteiger charge is -2.25. The molecule has 0 saturated heterocycles. The van der Waals surface area contributed by atoms with Crippen molar-refractivity contribution < 1.29 is 26.3 Å². The maximum absolute atomic E-state index is 14.9. The summed E-state index contributed by atoms with van der Waals surface area (Å²) in [4.78, 5) is 0.926. The number of hydrogen-bond donors (Lipinski definition) is 0. The highest BCUT2D eigenvalue weighted by Gasteiger charge is 2.80. The molecule has 0 nitrogen and oxygen atoms in total. The standard InChI is InChI=1S/C21H13ClF6S2/c1-10-13(8-15(29-10)12-6-4-3-5-7-12)17-18(14-9-16(22)30-11(14)2)20(25,26)21(27,28)19(17,23)24/h3-9H,1-2H3. The Morgan fingerprint density at radius 3 is 1.73 bits per heavy atom. The average Bonchev–Trinajstić information content (AvgIpc) is 3.23. The zero-order chi connectivity index (χ0) is 22.1. The zero-order valence-corrected chi connectivity index (χ0v) is 17.9. The fraction of sp³-hybridized carbons (Fsp3) is 0.238. The van der Waals surface area contributed by atoms with Crippen molar-refractivity contribution >= 4 is 45.4 Å². The number of thiophene rings is 2. The van der Waals surface area contributed by atoms with Gasteiger partial charge in [-0.05, 0) is 42.7 Å². The predicted molar refractivity (Wildman–Crippen MR) is 110 cm³/mol. The molecular weight excluding hydrogens is 466 g/mol. The Balaban J connectivity index is 2.05. The maximum Gasteiger partial charge on any atom is 0.380 e. The summed E-state index contributed by atoms with van der Waals surface area (Å²) in [6.07, 6.45) is 0. The molecule has 30 heavy (non-hydrogen) atoms. The second-order valence-corrected chi connectivity index (χ2v) is 10.1. The Bertz CT molecular complexity index is 1160. The van der Waals surface area contributed by atoms with Crippen LogP contribution in [0.15, 0.2) is 42.5 Å². The first kappa shape index (κ1) is 21.5. The van der Waals surface area contributed by atoms with Crippen LogP contribution in [0.1, 0.15) is 20.9 Å². The topological polar surface area (TPSA) is 0 Å². The quantitative estimate of drug-likeness (QED) is 0.331. The normalized spacial score (nSPS) is 19.5. The first-order valence-electron chi connectivity index (χ1n) is 8.70. The molecule has 2 aromatic heterocycles. The molecule has 1 aromatic carbocycles. The van der Waals surface area contributed by atoms with E-state index in [2.05, 4.69) is 0 Å². The van der Waals surface area contributed by atoms with E-state index < -0.39 is 28.9 Å². The fourth-order valence-corrected chi connectivity index (χ4v) is 5.83. The summed E-state index contributed by atoms with van der Waals surface area (Å²) >= 11 is 7.82.